The fraction of sp³-hybridized carbons (Fsp3) is 1.00. The Hall–Kier alpha value is -0.840. The molecule has 0 aromatic rings. The van der Waals surface area contributed by atoms with Crippen LogP contribution in [0.15, 0.2) is 20.7 Å². The predicted octanol–water partition coefficient (Wildman–Crippen LogP) is 0.918. The van der Waals surface area contributed by atoms with Crippen LogP contribution in [0.4, 0.5) is 0 Å². The minimum Gasteiger partial charge on any atom is -0.392 e. The molecular weight excluding hydrogens is 132 g/mol. The molecule has 0 bridgehead atoms. The Balaban J connectivity index is 2.21. The van der Waals surface area contributed by atoms with Crippen molar-refractivity contribution < 1.29 is 5.11 Å². The van der Waals surface area contributed by atoms with Crippen molar-refractivity contribution in [2.24, 2.45) is 26.6 Å². The molecule has 2 rings (SSSR count). The van der Waals surface area contributed by atoms with Gasteiger partial charge in [0.05, 0.1) is 6.61 Å². The average molecular weight is 140 g/mol. The first-order valence-corrected chi connectivity index (χ1v) is 3.32. The largest absolute Gasteiger partial charge is 0.392 e. The Bertz CT molecular complexity index is 184. The van der Waals surface area contributed by atoms with Crippen LogP contribution in [0.2, 0.25) is 0 Å². The van der Waals surface area contributed by atoms with Crippen molar-refractivity contribution in [1.29, 1.82) is 0 Å². The molecule has 1 saturated carbocycles. The molecule has 1 fully saturated rings. The smallest absolute Gasteiger partial charge is 0.220 e. The minimum atomic E-state index is -0.681. The molecule has 54 valence electrons. The predicted molar refractivity (Wildman–Crippen MR) is 32.3 cm³/mol. The minimum absolute atomic E-state index is 0.0648. The lowest BCUT2D eigenvalue weighted by molar-refractivity contribution is 0.183. The second kappa shape index (κ2) is 1.82. The highest BCUT2D eigenvalue weighted by Crippen LogP contribution is 2.44. The molecule has 0 spiro atoms. The maximum absolute atomic E-state index is 8.92. The van der Waals surface area contributed by atoms with Gasteiger partial charge in [-0.3, -0.25) is 0 Å². The van der Waals surface area contributed by atoms with Gasteiger partial charge in [-0.1, -0.05) is 0 Å². The van der Waals surface area contributed by atoms with E-state index in [4.69, 9.17) is 5.11 Å². The molecule has 5 heteroatoms. The first-order chi connectivity index (χ1) is 4.87. The number of aliphatic hydroxyl groups excluding tert-OH is 1. The number of hydrogen-bond donors (Lipinski definition) is 1. The molecule has 1 aliphatic carbocycles. The molecule has 0 aromatic carbocycles. The van der Waals surface area contributed by atoms with E-state index in [1.54, 1.807) is 0 Å². The average Bonchev–Trinajstić information content (AvgIpc) is 2.71. The molecule has 0 atom stereocenters. The first-order valence-electron chi connectivity index (χ1n) is 3.32. The van der Waals surface area contributed by atoms with Crippen molar-refractivity contribution in [1.82, 2.24) is 0 Å². The molecular formula is C5H8N4O. The van der Waals surface area contributed by atoms with E-state index in [2.05, 4.69) is 20.7 Å². The normalized spacial score (nSPS) is 27.7. The van der Waals surface area contributed by atoms with Crippen LogP contribution >= 0.6 is 0 Å². The quantitative estimate of drug-likeness (QED) is 0.608. The fourth-order valence-electron chi connectivity index (χ4n) is 1.12. The molecule has 0 aromatic heterocycles. The van der Waals surface area contributed by atoms with Gasteiger partial charge in [-0.2, -0.15) is 0 Å². The van der Waals surface area contributed by atoms with Gasteiger partial charge in [-0.25, -0.2) is 0 Å². The van der Waals surface area contributed by atoms with Crippen LogP contribution in [0.3, 0.4) is 0 Å². The summed E-state index contributed by atoms with van der Waals surface area (Å²) in [4.78, 5) is 0. The Kier molecular flexibility index (Phi) is 1.08. The topological polar surface area (TPSA) is 69.7 Å². The second-order valence-electron chi connectivity index (χ2n) is 2.69. The molecule has 1 N–H and O–H groups in total. The van der Waals surface area contributed by atoms with E-state index in [1.165, 1.54) is 0 Å². The van der Waals surface area contributed by atoms with Gasteiger partial charge in [0.15, 0.2) is 0 Å². The van der Waals surface area contributed by atoms with Gasteiger partial charge in [0, 0.05) is 5.92 Å². The molecule has 5 nitrogen and oxygen atoms in total. The van der Waals surface area contributed by atoms with Crippen LogP contribution in [0.5, 0.6) is 0 Å². The van der Waals surface area contributed by atoms with Gasteiger partial charge in [0.2, 0.25) is 5.66 Å². The van der Waals surface area contributed by atoms with Crippen LogP contribution in [-0.2, 0) is 0 Å². The van der Waals surface area contributed by atoms with Crippen LogP contribution in [-0.4, -0.2) is 17.4 Å². The van der Waals surface area contributed by atoms with E-state index >= 15 is 0 Å². The standard InChI is InChI=1S/C5H8N4O/c10-3-5(4-1-2-4)6-8-9-7-5/h4,10H,1-3H2. The Morgan fingerprint density at radius 1 is 1.30 bits per heavy atom. The van der Waals surface area contributed by atoms with Crippen molar-refractivity contribution >= 4 is 0 Å². The van der Waals surface area contributed by atoms with E-state index in [-0.39, 0.29) is 6.61 Å². The summed E-state index contributed by atoms with van der Waals surface area (Å²) in [6.07, 6.45) is 2.16. The summed E-state index contributed by atoms with van der Waals surface area (Å²) in [6.45, 7) is -0.0648. The summed E-state index contributed by atoms with van der Waals surface area (Å²) >= 11 is 0. The molecule has 0 unspecified atom stereocenters. The monoisotopic (exact) mass is 140 g/mol. The zero-order valence-electron chi connectivity index (χ0n) is 5.43. The SMILES string of the molecule is OCC1(C2CC2)N=NN=N1. The zero-order valence-corrected chi connectivity index (χ0v) is 5.43. The van der Waals surface area contributed by atoms with Gasteiger partial charge in [0.1, 0.15) is 0 Å². The van der Waals surface area contributed by atoms with E-state index in [9.17, 15) is 0 Å². The van der Waals surface area contributed by atoms with Gasteiger partial charge in [-0.15, -0.1) is 10.2 Å². The third-order valence-corrected chi connectivity index (χ3v) is 1.94. The maximum Gasteiger partial charge on any atom is 0.220 e. The van der Waals surface area contributed by atoms with Crippen molar-refractivity contribution in [2.45, 2.75) is 18.5 Å². The molecule has 1 aliphatic heterocycles. The summed E-state index contributed by atoms with van der Waals surface area (Å²) in [6, 6.07) is 0. The molecule has 10 heavy (non-hydrogen) atoms. The summed E-state index contributed by atoms with van der Waals surface area (Å²) in [5.74, 6) is 0.382. The maximum atomic E-state index is 8.92. The van der Waals surface area contributed by atoms with Gasteiger partial charge < -0.3 is 5.11 Å². The number of nitrogens with zero attached hydrogens (tertiary/aromatic N) is 4. The highest BCUT2D eigenvalue weighted by Gasteiger charge is 2.48. The molecule has 0 amide bonds. The van der Waals surface area contributed by atoms with Gasteiger partial charge in [-0.05, 0) is 23.3 Å². The molecule has 2 aliphatic rings. The highest BCUT2D eigenvalue weighted by molar-refractivity contribution is 4.98. The zero-order chi connectivity index (χ0) is 7.03. The van der Waals surface area contributed by atoms with E-state index in [1.807, 2.05) is 0 Å². The molecule has 1 heterocycles. The Morgan fingerprint density at radius 2 is 1.90 bits per heavy atom. The van der Waals surface area contributed by atoms with Crippen LogP contribution < -0.4 is 0 Å². The summed E-state index contributed by atoms with van der Waals surface area (Å²) < 4.78 is 0. The van der Waals surface area contributed by atoms with Gasteiger partial charge in [0.25, 0.3) is 0 Å². The van der Waals surface area contributed by atoms with Crippen molar-refractivity contribution in [3.05, 3.63) is 0 Å². The number of aliphatic hydroxyl groups is 1. The van der Waals surface area contributed by atoms with E-state index in [0.29, 0.717) is 5.92 Å². The number of hydrogen-bond acceptors (Lipinski definition) is 5. The van der Waals surface area contributed by atoms with Gasteiger partial charge >= 0.3 is 0 Å². The lowest BCUT2D eigenvalue weighted by Gasteiger charge is -2.13. The third kappa shape index (κ3) is 0.668. The summed E-state index contributed by atoms with van der Waals surface area (Å²) in [5, 5.41) is 23.3. The highest BCUT2D eigenvalue weighted by atomic mass is 16.3. The van der Waals surface area contributed by atoms with Crippen molar-refractivity contribution in [2.75, 3.05) is 6.61 Å². The first kappa shape index (κ1) is 5.91. The van der Waals surface area contributed by atoms with E-state index in [0.717, 1.165) is 12.8 Å². The lowest BCUT2D eigenvalue weighted by atomic mass is 10.1. The lowest BCUT2D eigenvalue weighted by Crippen LogP contribution is -2.28. The molecule has 0 saturated heterocycles. The van der Waals surface area contributed by atoms with Crippen molar-refractivity contribution in [3.8, 4) is 0 Å². The Morgan fingerprint density at radius 3 is 2.30 bits per heavy atom. The summed E-state index contributed by atoms with van der Waals surface area (Å²) in [7, 11) is 0. The van der Waals surface area contributed by atoms with Crippen LogP contribution in [0.25, 0.3) is 0 Å². The van der Waals surface area contributed by atoms with Crippen molar-refractivity contribution in [3.63, 3.8) is 0 Å². The number of rotatable bonds is 2. The summed E-state index contributed by atoms with van der Waals surface area (Å²) in [5.41, 5.74) is -0.681. The molecule has 0 radical (unpaired) electrons. The third-order valence-electron chi connectivity index (χ3n) is 1.94. The van der Waals surface area contributed by atoms with E-state index < -0.39 is 5.66 Å². The second-order valence-corrected chi connectivity index (χ2v) is 2.69. The van der Waals surface area contributed by atoms with Crippen LogP contribution in [0, 0.1) is 5.92 Å². The Labute approximate surface area is 57.8 Å². The fourth-order valence-corrected chi connectivity index (χ4v) is 1.12. The van der Waals surface area contributed by atoms with Crippen LogP contribution in [0.1, 0.15) is 12.8 Å².